The van der Waals surface area contributed by atoms with E-state index in [-0.39, 0.29) is 11.7 Å². The van der Waals surface area contributed by atoms with Crippen LogP contribution in [0.15, 0.2) is 71.9 Å². The van der Waals surface area contributed by atoms with Crippen LogP contribution in [-0.4, -0.2) is 23.2 Å². The molecule has 150 valence electrons. The van der Waals surface area contributed by atoms with Gasteiger partial charge in [0.05, 0.1) is 5.56 Å². The Kier molecular flexibility index (Phi) is 7.82. The van der Waals surface area contributed by atoms with Gasteiger partial charge in [0.25, 0.3) is 5.91 Å². The van der Waals surface area contributed by atoms with Gasteiger partial charge in [-0.1, -0.05) is 42.0 Å². The lowest BCUT2D eigenvalue weighted by atomic mass is 10.1. The van der Waals surface area contributed by atoms with Gasteiger partial charge in [0.15, 0.2) is 0 Å². The molecule has 3 rings (SSSR count). The number of benzene rings is 2. The summed E-state index contributed by atoms with van der Waals surface area (Å²) in [7, 11) is 0. The summed E-state index contributed by atoms with van der Waals surface area (Å²) in [4.78, 5) is 17.0. The molecular formula is C24H25FN2OS. The van der Waals surface area contributed by atoms with Gasteiger partial charge in [-0.2, -0.15) is 0 Å². The van der Waals surface area contributed by atoms with E-state index in [2.05, 4.69) is 41.5 Å². The first-order valence-electron chi connectivity index (χ1n) is 9.78. The third kappa shape index (κ3) is 6.71. The number of carbonyl (C=O) groups is 1. The van der Waals surface area contributed by atoms with Crippen LogP contribution in [0.2, 0.25) is 0 Å². The molecule has 1 N–H and O–H groups in total. The van der Waals surface area contributed by atoms with Crippen LogP contribution in [-0.2, 0) is 12.8 Å². The smallest absolute Gasteiger partial charge is 0.254 e. The van der Waals surface area contributed by atoms with Crippen LogP contribution >= 0.6 is 11.8 Å². The number of aromatic nitrogens is 1. The van der Waals surface area contributed by atoms with Crippen LogP contribution in [0.4, 0.5) is 4.39 Å². The van der Waals surface area contributed by atoms with E-state index in [9.17, 15) is 9.18 Å². The van der Waals surface area contributed by atoms with Crippen molar-refractivity contribution in [1.29, 1.82) is 0 Å². The van der Waals surface area contributed by atoms with Crippen LogP contribution in [0.5, 0.6) is 0 Å². The number of hydrogen-bond acceptors (Lipinski definition) is 3. The maximum absolute atomic E-state index is 13.0. The average molecular weight is 409 g/mol. The molecule has 3 aromatic rings. The van der Waals surface area contributed by atoms with Gasteiger partial charge in [-0.05, 0) is 67.3 Å². The first-order chi connectivity index (χ1) is 14.1. The minimum Gasteiger partial charge on any atom is -0.352 e. The molecule has 0 aliphatic heterocycles. The Labute approximate surface area is 175 Å². The Hall–Kier alpha value is -2.66. The zero-order valence-corrected chi connectivity index (χ0v) is 17.3. The minimum absolute atomic E-state index is 0.0914. The Morgan fingerprint density at radius 3 is 2.45 bits per heavy atom. The summed E-state index contributed by atoms with van der Waals surface area (Å²) in [5, 5.41) is 3.75. The summed E-state index contributed by atoms with van der Waals surface area (Å²) in [6.45, 7) is 2.65. The topological polar surface area (TPSA) is 42.0 Å². The molecule has 3 nitrogen and oxygen atoms in total. The minimum atomic E-state index is -0.213. The normalized spacial score (nSPS) is 10.7. The molecule has 2 aromatic carbocycles. The number of hydrogen-bond donors (Lipinski definition) is 1. The fourth-order valence-electron chi connectivity index (χ4n) is 2.95. The number of thioether (sulfide) groups is 1. The van der Waals surface area contributed by atoms with Crippen LogP contribution in [0, 0.1) is 12.7 Å². The highest BCUT2D eigenvalue weighted by molar-refractivity contribution is 7.99. The predicted octanol–water partition coefficient (Wildman–Crippen LogP) is 5.23. The summed E-state index contributed by atoms with van der Waals surface area (Å²) in [5.41, 5.74) is 4.16. The van der Waals surface area contributed by atoms with E-state index in [4.69, 9.17) is 0 Å². The monoisotopic (exact) mass is 408 g/mol. The molecule has 0 unspecified atom stereocenters. The average Bonchev–Trinajstić information content (AvgIpc) is 2.74. The third-order valence-electron chi connectivity index (χ3n) is 4.60. The first-order valence-corrected chi connectivity index (χ1v) is 10.8. The fraction of sp³-hybridized carbons (Fsp3) is 0.250. The number of aryl methyl sites for hydroxylation is 2. The SMILES string of the molecule is Cc1ccc(CCNC(=O)c2cccnc2SCCCc2ccc(F)cc2)cc1. The summed E-state index contributed by atoms with van der Waals surface area (Å²) in [5.74, 6) is 0.541. The van der Waals surface area contributed by atoms with Gasteiger partial charge < -0.3 is 5.32 Å². The first kappa shape index (κ1) is 21.1. The maximum Gasteiger partial charge on any atom is 0.254 e. The zero-order chi connectivity index (χ0) is 20.5. The largest absolute Gasteiger partial charge is 0.352 e. The number of nitrogens with zero attached hydrogens (tertiary/aromatic N) is 1. The quantitative estimate of drug-likeness (QED) is 0.390. The van der Waals surface area contributed by atoms with Crippen LogP contribution in [0.3, 0.4) is 0 Å². The highest BCUT2D eigenvalue weighted by Gasteiger charge is 2.12. The molecule has 0 fully saturated rings. The van der Waals surface area contributed by atoms with Crippen LogP contribution in [0.1, 0.15) is 33.5 Å². The highest BCUT2D eigenvalue weighted by atomic mass is 32.2. The van der Waals surface area contributed by atoms with Crippen molar-refractivity contribution in [3.63, 3.8) is 0 Å². The fourth-order valence-corrected chi connectivity index (χ4v) is 3.88. The van der Waals surface area contributed by atoms with E-state index < -0.39 is 0 Å². The van der Waals surface area contributed by atoms with Gasteiger partial charge in [-0.25, -0.2) is 9.37 Å². The van der Waals surface area contributed by atoms with Gasteiger partial charge in [0, 0.05) is 12.7 Å². The molecule has 1 heterocycles. The van der Waals surface area contributed by atoms with Crippen molar-refractivity contribution < 1.29 is 9.18 Å². The third-order valence-corrected chi connectivity index (χ3v) is 5.69. The standard InChI is InChI=1S/C24H25FN2OS/c1-18-6-8-20(9-7-18)14-16-26-23(28)22-5-2-15-27-24(22)29-17-3-4-19-10-12-21(25)13-11-19/h2,5-13,15H,3-4,14,16-17H2,1H3,(H,26,28). The van der Waals surface area contributed by atoms with Crippen molar-refractivity contribution in [1.82, 2.24) is 10.3 Å². The van der Waals surface area contributed by atoms with Crippen molar-refractivity contribution in [2.24, 2.45) is 0 Å². The van der Waals surface area contributed by atoms with E-state index in [1.165, 1.54) is 23.3 Å². The van der Waals surface area contributed by atoms with Gasteiger partial charge in [-0.15, -0.1) is 11.8 Å². The Morgan fingerprint density at radius 1 is 1.00 bits per heavy atom. The van der Waals surface area contributed by atoms with Gasteiger partial charge >= 0.3 is 0 Å². The zero-order valence-electron chi connectivity index (χ0n) is 16.5. The van der Waals surface area contributed by atoms with E-state index in [0.717, 1.165) is 35.6 Å². The number of halogens is 1. The molecule has 0 aliphatic carbocycles. The number of amides is 1. The lowest BCUT2D eigenvalue weighted by Gasteiger charge is -2.09. The Bertz CT molecular complexity index is 926. The molecule has 0 aliphatic rings. The number of rotatable bonds is 9. The second-order valence-electron chi connectivity index (χ2n) is 6.93. The van der Waals surface area contributed by atoms with E-state index in [1.54, 1.807) is 24.0 Å². The Balaban J connectivity index is 1.47. The number of carbonyl (C=O) groups excluding carboxylic acids is 1. The summed E-state index contributed by atoms with van der Waals surface area (Å²) >= 11 is 1.58. The lowest BCUT2D eigenvalue weighted by Crippen LogP contribution is -2.26. The van der Waals surface area contributed by atoms with Crippen molar-refractivity contribution in [2.75, 3.05) is 12.3 Å². The maximum atomic E-state index is 13.0. The summed E-state index contributed by atoms with van der Waals surface area (Å²) in [6, 6.07) is 18.6. The molecule has 1 aromatic heterocycles. The molecule has 0 spiro atoms. The molecule has 0 atom stereocenters. The molecule has 0 saturated carbocycles. The molecule has 0 bridgehead atoms. The van der Waals surface area contributed by atoms with Gasteiger partial charge in [-0.3, -0.25) is 4.79 Å². The second-order valence-corrected chi connectivity index (χ2v) is 8.01. The summed E-state index contributed by atoms with van der Waals surface area (Å²) < 4.78 is 13.0. The van der Waals surface area contributed by atoms with E-state index in [0.29, 0.717) is 12.1 Å². The van der Waals surface area contributed by atoms with E-state index >= 15 is 0 Å². The lowest BCUT2D eigenvalue weighted by molar-refractivity contribution is 0.0950. The van der Waals surface area contributed by atoms with Crippen molar-refractivity contribution in [3.05, 3.63) is 94.9 Å². The molecule has 1 amide bonds. The van der Waals surface area contributed by atoms with Crippen LogP contribution < -0.4 is 5.32 Å². The second kappa shape index (κ2) is 10.8. The highest BCUT2D eigenvalue weighted by Crippen LogP contribution is 2.21. The van der Waals surface area contributed by atoms with Gasteiger partial charge in [0.1, 0.15) is 10.8 Å². The van der Waals surface area contributed by atoms with E-state index in [1.807, 2.05) is 18.2 Å². The van der Waals surface area contributed by atoms with Gasteiger partial charge in [0.2, 0.25) is 0 Å². The molecule has 29 heavy (non-hydrogen) atoms. The van der Waals surface area contributed by atoms with Crippen LogP contribution in [0.25, 0.3) is 0 Å². The predicted molar refractivity (Wildman–Crippen MR) is 117 cm³/mol. The summed E-state index contributed by atoms with van der Waals surface area (Å²) in [6.07, 6.45) is 4.32. The molecule has 0 saturated heterocycles. The van der Waals surface area contributed by atoms with Crippen molar-refractivity contribution in [2.45, 2.75) is 31.2 Å². The molecule has 0 radical (unpaired) electrons. The van der Waals surface area contributed by atoms with Crippen molar-refractivity contribution >= 4 is 17.7 Å². The molecule has 5 heteroatoms. The van der Waals surface area contributed by atoms with Crippen molar-refractivity contribution in [3.8, 4) is 0 Å². The number of pyridine rings is 1. The Morgan fingerprint density at radius 2 is 1.69 bits per heavy atom. The number of nitrogens with one attached hydrogen (secondary N) is 1. The molecular weight excluding hydrogens is 383 g/mol.